The van der Waals surface area contributed by atoms with Gasteiger partial charge in [-0.2, -0.15) is 0 Å². The van der Waals surface area contributed by atoms with E-state index in [0.29, 0.717) is 0 Å². The van der Waals surface area contributed by atoms with E-state index in [1.54, 1.807) is 0 Å². The molecule has 0 saturated heterocycles. The SMILES string of the molecule is C/C=C\c1ccccc1C1=CC(C)(C)c2cc3c(N(c4ccccc4)c4ccc5ccccc5c4)c4ccccc4c(N(c4ccccc4)c4ccc5ccccc5c4)c3cc21. The number of benzene rings is 10. The fourth-order valence-corrected chi connectivity index (χ4v) is 9.82. The van der Waals surface area contributed by atoms with E-state index in [1.807, 2.05) is 0 Å². The van der Waals surface area contributed by atoms with Crippen LogP contribution < -0.4 is 9.80 Å². The van der Waals surface area contributed by atoms with Crippen molar-refractivity contribution in [1.29, 1.82) is 0 Å². The first-order valence-corrected chi connectivity index (χ1v) is 21.6. The molecule has 1 aliphatic rings. The summed E-state index contributed by atoms with van der Waals surface area (Å²) >= 11 is 0. The fourth-order valence-electron chi connectivity index (χ4n) is 9.82. The number of nitrogens with zero attached hydrogens (tertiary/aromatic N) is 2. The van der Waals surface area contributed by atoms with Crippen molar-refractivity contribution >= 4 is 88.9 Å². The van der Waals surface area contributed by atoms with Gasteiger partial charge < -0.3 is 9.80 Å². The number of allylic oxidation sites excluding steroid dienone is 2. The quantitative estimate of drug-likeness (QED) is 0.112. The lowest BCUT2D eigenvalue weighted by molar-refractivity contribution is 0.684. The van der Waals surface area contributed by atoms with Crippen molar-refractivity contribution in [2.24, 2.45) is 0 Å². The Morgan fingerprint density at radius 2 is 0.855 bits per heavy atom. The molecule has 0 N–H and O–H groups in total. The van der Waals surface area contributed by atoms with Gasteiger partial charge in [0, 0.05) is 49.7 Å². The van der Waals surface area contributed by atoms with Crippen molar-refractivity contribution in [3.05, 3.63) is 241 Å². The summed E-state index contributed by atoms with van der Waals surface area (Å²) in [6.45, 7) is 6.84. The maximum absolute atomic E-state index is 2.53. The fraction of sp³-hybridized carbons (Fsp3) is 0.0667. The molecular weight excluding hydrogens is 749 g/mol. The minimum Gasteiger partial charge on any atom is -0.309 e. The van der Waals surface area contributed by atoms with E-state index < -0.39 is 0 Å². The Morgan fingerprint density at radius 1 is 0.387 bits per heavy atom. The molecule has 2 heteroatoms. The first kappa shape index (κ1) is 37.3. The monoisotopic (exact) mass is 794 g/mol. The molecule has 0 atom stereocenters. The van der Waals surface area contributed by atoms with Gasteiger partial charge >= 0.3 is 0 Å². The second-order valence-electron chi connectivity index (χ2n) is 17.0. The molecule has 1 aliphatic carbocycles. The molecule has 10 aromatic rings. The summed E-state index contributed by atoms with van der Waals surface area (Å²) in [7, 11) is 0. The van der Waals surface area contributed by atoms with Crippen LogP contribution in [0.5, 0.6) is 0 Å². The standard InChI is InChI=1S/C60H46N2/c1-4-19-43-22-15-16-29-50(43)56-40-60(2,3)57-39-55-54(38-53(56)57)58(61(46-25-7-5-8-26-46)48-34-32-41-20-11-13-23-44(41)36-48)51-30-17-18-31-52(51)59(55)62(47-27-9-6-10-28-47)49-35-33-42-21-12-14-24-45(42)37-49/h4-40H,1-3H3/b19-4-. The second kappa shape index (κ2) is 15.1. The number of para-hydroxylation sites is 2. The van der Waals surface area contributed by atoms with Crippen LogP contribution in [-0.2, 0) is 5.41 Å². The van der Waals surface area contributed by atoms with Crippen LogP contribution in [0.1, 0.15) is 43.0 Å². The minimum absolute atomic E-state index is 0.233. The lowest BCUT2D eigenvalue weighted by atomic mass is 9.84. The Labute approximate surface area is 363 Å². The summed E-state index contributed by atoms with van der Waals surface area (Å²) in [5.74, 6) is 0. The molecule has 0 fully saturated rings. The van der Waals surface area contributed by atoms with E-state index >= 15 is 0 Å². The van der Waals surface area contributed by atoms with Gasteiger partial charge in [0.1, 0.15) is 0 Å². The highest BCUT2D eigenvalue weighted by Gasteiger charge is 2.34. The van der Waals surface area contributed by atoms with Crippen LogP contribution in [0.25, 0.3) is 54.7 Å². The maximum Gasteiger partial charge on any atom is 0.0620 e. The summed E-state index contributed by atoms with van der Waals surface area (Å²) in [5.41, 5.74) is 12.8. The van der Waals surface area contributed by atoms with E-state index in [4.69, 9.17) is 0 Å². The summed E-state index contributed by atoms with van der Waals surface area (Å²) < 4.78 is 0. The third-order valence-electron chi connectivity index (χ3n) is 12.7. The lowest BCUT2D eigenvalue weighted by Crippen LogP contribution is -2.16. The van der Waals surface area contributed by atoms with E-state index in [9.17, 15) is 0 Å². The average Bonchev–Trinajstić information content (AvgIpc) is 3.58. The number of anilines is 6. The van der Waals surface area contributed by atoms with Crippen molar-refractivity contribution in [2.75, 3.05) is 9.80 Å². The van der Waals surface area contributed by atoms with Gasteiger partial charge in [0.2, 0.25) is 0 Å². The molecule has 0 bridgehead atoms. The molecule has 0 saturated carbocycles. The van der Waals surface area contributed by atoms with Crippen molar-refractivity contribution < 1.29 is 0 Å². The Morgan fingerprint density at radius 3 is 1.40 bits per heavy atom. The number of fused-ring (bicyclic) bond motifs is 5. The highest BCUT2D eigenvalue weighted by atomic mass is 15.2. The molecule has 0 heterocycles. The van der Waals surface area contributed by atoms with Crippen LogP contribution in [0.15, 0.2) is 218 Å². The maximum atomic E-state index is 2.53. The molecule has 296 valence electrons. The largest absolute Gasteiger partial charge is 0.309 e. The molecule has 0 radical (unpaired) electrons. The van der Waals surface area contributed by atoms with E-state index in [0.717, 1.165) is 34.1 Å². The molecule has 0 aliphatic heterocycles. The molecule has 2 nitrogen and oxygen atoms in total. The van der Waals surface area contributed by atoms with Gasteiger partial charge in [0.15, 0.2) is 0 Å². The van der Waals surface area contributed by atoms with Gasteiger partial charge in [0.25, 0.3) is 0 Å². The summed E-state index contributed by atoms with van der Waals surface area (Å²) in [4.78, 5) is 4.99. The lowest BCUT2D eigenvalue weighted by Gasteiger charge is -2.33. The van der Waals surface area contributed by atoms with Crippen molar-refractivity contribution in [2.45, 2.75) is 26.2 Å². The van der Waals surface area contributed by atoms with E-state index in [1.165, 1.54) is 70.9 Å². The Kier molecular flexibility index (Phi) is 9.09. The van der Waals surface area contributed by atoms with Crippen molar-refractivity contribution in [1.82, 2.24) is 0 Å². The molecule has 0 unspecified atom stereocenters. The number of hydrogen-bond acceptors (Lipinski definition) is 2. The molecule has 0 amide bonds. The first-order chi connectivity index (χ1) is 30.5. The van der Waals surface area contributed by atoms with Crippen LogP contribution in [0.2, 0.25) is 0 Å². The summed E-state index contributed by atoms with van der Waals surface area (Å²) in [6.07, 6.45) is 6.87. The Hall–Kier alpha value is -7.68. The van der Waals surface area contributed by atoms with Crippen LogP contribution in [0.3, 0.4) is 0 Å². The molecule has 11 rings (SSSR count). The van der Waals surface area contributed by atoms with Crippen LogP contribution >= 0.6 is 0 Å². The zero-order valence-electron chi connectivity index (χ0n) is 35.3. The van der Waals surface area contributed by atoms with Gasteiger partial charge in [-0.1, -0.05) is 178 Å². The van der Waals surface area contributed by atoms with E-state index in [-0.39, 0.29) is 5.41 Å². The zero-order chi connectivity index (χ0) is 41.8. The molecular formula is C60H46N2. The normalized spacial score (nSPS) is 13.2. The molecule has 62 heavy (non-hydrogen) atoms. The van der Waals surface area contributed by atoms with Crippen molar-refractivity contribution in [3.63, 3.8) is 0 Å². The van der Waals surface area contributed by atoms with Gasteiger partial charge in [-0.15, -0.1) is 0 Å². The summed E-state index contributed by atoms with van der Waals surface area (Å²) in [5, 5.41) is 9.58. The first-order valence-electron chi connectivity index (χ1n) is 21.6. The number of hydrogen-bond donors (Lipinski definition) is 0. The van der Waals surface area contributed by atoms with Gasteiger partial charge in [0.05, 0.1) is 11.4 Å². The molecule has 0 spiro atoms. The van der Waals surface area contributed by atoms with E-state index in [2.05, 4.69) is 255 Å². The van der Waals surface area contributed by atoms with Crippen LogP contribution in [0, 0.1) is 0 Å². The topological polar surface area (TPSA) is 6.48 Å². The molecule has 0 aromatic heterocycles. The predicted octanol–water partition coefficient (Wildman–Crippen LogP) is 17.0. The smallest absolute Gasteiger partial charge is 0.0620 e. The third-order valence-corrected chi connectivity index (χ3v) is 12.7. The summed E-state index contributed by atoms with van der Waals surface area (Å²) in [6, 6.07) is 75.8. The Balaban J connectivity index is 1.31. The van der Waals surface area contributed by atoms with Gasteiger partial charge in [-0.25, -0.2) is 0 Å². The second-order valence-corrected chi connectivity index (χ2v) is 17.0. The Bertz CT molecular complexity index is 3390. The zero-order valence-corrected chi connectivity index (χ0v) is 35.3. The molecule has 10 aromatic carbocycles. The number of rotatable bonds is 8. The highest BCUT2D eigenvalue weighted by molar-refractivity contribution is 6.24. The predicted molar refractivity (Wildman–Crippen MR) is 267 cm³/mol. The van der Waals surface area contributed by atoms with Crippen LogP contribution in [0.4, 0.5) is 34.1 Å². The minimum atomic E-state index is -0.233. The average molecular weight is 795 g/mol. The van der Waals surface area contributed by atoms with Crippen LogP contribution in [-0.4, -0.2) is 0 Å². The highest BCUT2D eigenvalue weighted by Crippen LogP contribution is 2.55. The van der Waals surface area contributed by atoms with Gasteiger partial charge in [-0.3, -0.25) is 0 Å². The van der Waals surface area contributed by atoms with Crippen molar-refractivity contribution in [3.8, 4) is 0 Å². The third kappa shape index (κ3) is 6.26. The van der Waals surface area contributed by atoms with Gasteiger partial charge in [-0.05, 0) is 117 Å².